The van der Waals surface area contributed by atoms with Gasteiger partial charge in [0.1, 0.15) is 5.84 Å². The SMILES string of the molecule is COCCN1C(=O)N=C2C=CC=CC2/C1=N/C(=O)Nc1ccc(Cl)cc1. The first-order valence-electron chi connectivity index (χ1n) is 7.97. The van der Waals surface area contributed by atoms with Gasteiger partial charge in [0.15, 0.2) is 0 Å². The number of hydrogen-bond acceptors (Lipinski definition) is 3. The summed E-state index contributed by atoms with van der Waals surface area (Å²) in [5.41, 5.74) is 1.12. The molecule has 1 aromatic rings. The Hall–Kier alpha value is -2.77. The number of ether oxygens (including phenoxy) is 1. The molecule has 0 saturated carbocycles. The number of allylic oxidation sites excluding steroid dienone is 3. The second kappa shape index (κ2) is 8.07. The molecule has 4 amide bonds. The van der Waals surface area contributed by atoms with Crippen LogP contribution in [0.1, 0.15) is 0 Å². The van der Waals surface area contributed by atoms with E-state index in [2.05, 4.69) is 15.3 Å². The van der Waals surface area contributed by atoms with Crippen molar-refractivity contribution in [3.8, 4) is 0 Å². The zero-order valence-electron chi connectivity index (χ0n) is 14.1. The highest BCUT2D eigenvalue weighted by Crippen LogP contribution is 2.21. The highest BCUT2D eigenvalue weighted by Gasteiger charge is 2.34. The zero-order chi connectivity index (χ0) is 18.5. The van der Waals surface area contributed by atoms with Gasteiger partial charge in [-0.1, -0.05) is 29.8 Å². The number of methoxy groups -OCH3 is 1. The van der Waals surface area contributed by atoms with Crippen molar-refractivity contribution in [2.75, 3.05) is 25.6 Å². The number of carbonyl (C=O) groups excluding carboxylic acids is 2. The number of anilines is 1. The Morgan fingerprint density at radius 3 is 2.85 bits per heavy atom. The summed E-state index contributed by atoms with van der Waals surface area (Å²) >= 11 is 5.84. The van der Waals surface area contributed by atoms with E-state index in [1.165, 1.54) is 12.0 Å². The van der Waals surface area contributed by atoms with Crippen LogP contribution in [0, 0.1) is 5.92 Å². The number of benzene rings is 1. The summed E-state index contributed by atoms with van der Waals surface area (Å²) in [6, 6.07) is 5.63. The van der Waals surface area contributed by atoms with Gasteiger partial charge >= 0.3 is 12.1 Å². The molecule has 1 aliphatic carbocycles. The van der Waals surface area contributed by atoms with Crippen molar-refractivity contribution in [1.82, 2.24) is 4.90 Å². The van der Waals surface area contributed by atoms with Crippen LogP contribution in [0.25, 0.3) is 0 Å². The number of nitrogens with zero attached hydrogens (tertiary/aromatic N) is 3. The molecule has 1 unspecified atom stereocenters. The summed E-state index contributed by atoms with van der Waals surface area (Å²) in [4.78, 5) is 34.3. The lowest BCUT2D eigenvalue weighted by atomic mass is 9.95. The molecule has 0 aromatic heterocycles. The van der Waals surface area contributed by atoms with E-state index >= 15 is 0 Å². The normalized spacial score (nSPS) is 20.2. The lowest BCUT2D eigenvalue weighted by Gasteiger charge is -2.31. The molecule has 0 saturated heterocycles. The number of nitrogens with one attached hydrogen (secondary N) is 1. The largest absolute Gasteiger partial charge is 0.383 e. The summed E-state index contributed by atoms with van der Waals surface area (Å²) in [5, 5.41) is 3.23. The molecule has 26 heavy (non-hydrogen) atoms. The first-order chi connectivity index (χ1) is 12.6. The van der Waals surface area contributed by atoms with Gasteiger partial charge in [-0.15, -0.1) is 0 Å². The van der Waals surface area contributed by atoms with Crippen molar-refractivity contribution in [2.24, 2.45) is 15.9 Å². The molecular weight excluding hydrogens is 356 g/mol. The summed E-state index contributed by atoms with van der Waals surface area (Å²) in [5.74, 6) is -0.0327. The van der Waals surface area contributed by atoms with E-state index in [-0.39, 0.29) is 12.5 Å². The van der Waals surface area contributed by atoms with Gasteiger partial charge in [-0.2, -0.15) is 9.98 Å². The fraction of sp³-hybridized carbons (Fsp3) is 0.222. The quantitative estimate of drug-likeness (QED) is 0.877. The molecule has 8 heteroatoms. The predicted molar refractivity (Wildman–Crippen MR) is 101 cm³/mol. The highest BCUT2D eigenvalue weighted by molar-refractivity contribution is 6.30. The number of aliphatic imine (C=N–C) groups is 2. The first-order valence-corrected chi connectivity index (χ1v) is 8.35. The van der Waals surface area contributed by atoms with E-state index in [0.717, 1.165) is 0 Å². The molecule has 1 atom stereocenters. The molecule has 1 heterocycles. The first kappa shape index (κ1) is 18.0. The van der Waals surface area contributed by atoms with E-state index in [1.54, 1.807) is 36.4 Å². The summed E-state index contributed by atoms with van der Waals surface area (Å²) in [6.45, 7) is 0.563. The molecule has 0 radical (unpaired) electrons. The van der Waals surface area contributed by atoms with Crippen molar-refractivity contribution >= 4 is 40.9 Å². The zero-order valence-corrected chi connectivity index (χ0v) is 14.8. The van der Waals surface area contributed by atoms with Gasteiger partial charge in [-0.05, 0) is 30.3 Å². The number of amides is 4. The van der Waals surface area contributed by atoms with Crippen LogP contribution in [0.2, 0.25) is 5.02 Å². The maximum Gasteiger partial charge on any atom is 0.349 e. The van der Waals surface area contributed by atoms with Crippen LogP contribution < -0.4 is 5.32 Å². The Balaban J connectivity index is 1.87. The maximum absolute atomic E-state index is 12.4. The van der Waals surface area contributed by atoms with Crippen LogP contribution in [-0.4, -0.2) is 48.8 Å². The number of hydrogen-bond donors (Lipinski definition) is 1. The van der Waals surface area contributed by atoms with Gasteiger partial charge in [0.25, 0.3) is 0 Å². The average molecular weight is 373 g/mol. The Morgan fingerprint density at radius 2 is 2.12 bits per heavy atom. The molecule has 0 spiro atoms. The molecule has 134 valence electrons. The second-order valence-corrected chi connectivity index (χ2v) is 6.03. The van der Waals surface area contributed by atoms with Crippen LogP contribution in [-0.2, 0) is 4.74 Å². The summed E-state index contributed by atoms with van der Waals surface area (Å²) in [6.07, 6.45) is 7.21. The number of amidine groups is 1. The molecule has 0 fully saturated rings. The van der Waals surface area contributed by atoms with Crippen molar-refractivity contribution in [2.45, 2.75) is 0 Å². The van der Waals surface area contributed by atoms with E-state index in [9.17, 15) is 9.59 Å². The van der Waals surface area contributed by atoms with Gasteiger partial charge in [-0.3, -0.25) is 4.90 Å². The number of halogens is 1. The highest BCUT2D eigenvalue weighted by atomic mass is 35.5. The lowest BCUT2D eigenvalue weighted by molar-refractivity contribution is 0.174. The monoisotopic (exact) mass is 372 g/mol. The number of fused-ring (bicyclic) bond motifs is 1. The van der Waals surface area contributed by atoms with Gasteiger partial charge in [0.05, 0.1) is 24.8 Å². The maximum atomic E-state index is 12.4. The number of carbonyl (C=O) groups is 2. The fourth-order valence-corrected chi connectivity index (χ4v) is 2.73. The van der Waals surface area contributed by atoms with E-state index in [0.29, 0.717) is 28.9 Å². The van der Waals surface area contributed by atoms with Gasteiger partial charge in [-0.25, -0.2) is 9.59 Å². The third-order valence-electron chi connectivity index (χ3n) is 3.84. The predicted octanol–water partition coefficient (Wildman–Crippen LogP) is 3.54. The van der Waals surface area contributed by atoms with E-state index in [4.69, 9.17) is 16.3 Å². The third kappa shape index (κ3) is 4.07. The summed E-state index contributed by atoms with van der Waals surface area (Å²) in [7, 11) is 1.54. The molecular formula is C18H17ClN4O3. The van der Waals surface area contributed by atoms with Crippen molar-refractivity contribution in [3.63, 3.8) is 0 Å². The molecule has 0 bridgehead atoms. The molecule has 1 aromatic carbocycles. The molecule has 3 rings (SSSR count). The summed E-state index contributed by atoms with van der Waals surface area (Å²) < 4.78 is 5.05. The minimum absolute atomic E-state index is 0.257. The van der Waals surface area contributed by atoms with Crippen molar-refractivity contribution in [3.05, 3.63) is 53.6 Å². The number of urea groups is 2. The van der Waals surface area contributed by atoms with Crippen LogP contribution in [0.4, 0.5) is 15.3 Å². The number of rotatable bonds is 4. The Labute approximate surface area is 155 Å². The minimum atomic E-state index is -0.582. The van der Waals surface area contributed by atoms with E-state index in [1.807, 2.05) is 12.2 Å². The smallest absolute Gasteiger partial charge is 0.349 e. The van der Waals surface area contributed by atoms with Crippen LogP contribution in [0.15, 0.2) is 58.6 Å². The van der Waals surface area contributed by atoms with Crippen molar-refractivity contribution < 1.29 is 14.3 Å². The molecule has 7 nitrogen and oxygen atoms in total. The molecule has 1 aliphatic heterocycles. The standard InChI is InChI=1S/C18H17ClN4O3/c1-26-11-10-23-16(14-4-2-3-5-15(14)21-18(23)25)22-17(24)20-13-8-6-12(19)7-9-13/h2-9,14H,10-11H2,1H3,(H,20,24)/b22-16-. The van der Waals surface area contributed by atoms with Gasteiger partial charge < -0.3 is 10.1 Å². The van der Waals surface area contributed by atoms with Gasteiger partial charge in [0, 0.05) is 17.8 Å². The lowest BCUT2D eigenvalue weighted by Crippen LogP contribution is -2.48. The topological polar surface area (TPSA) is 83.4 Å². The fourth-order valence-electron chi connectivity index (χ4n) is 2.60. The Kier molecular flexibility index (Phi) is 5.60. The van der Waals surface area contributed by atoms with E-state index < -0.39 is 12.1 Å². The van der Waals surface area contributed by atoms with Crippen LogP contribution in [0.5, 0.6) is 0 Å². The second-order valence-electron chi connectivity index (χ2n) is 5.59. The average Bonchev–Trinajstić information content (AvgIpc) is 2.63. The Bertz CT molecular complexity index is 827. The third-order valence-corrected chi connectivity index (χ3v) is 4.09. The van der Waals surface area contributed by atoms with Crippen LogP contribution in [0.3, 0.4) is 0 Å². The van der Waals surface area contributed by atoms with Crippen LogP contribution >= 0.6 is 11.6 Å². The molecule has 1 N–H and O–H groups in total. The molecule has 2 aliphatic rings. The minimum Gasteiger partial charge on any atom is -0.383 e. The van der Waals surface area contributed by atoms with Crippen molar-refractivity contribution in [1.29, 1.82) is 0 Å². The Morgan fingerprint density at radius 1 is 1.35 bits per heavy atom. The van der Waals surface area contributed by atoms with Gasteiger partial charge in [0.2, 0.25) is 0 Å².